The highest BCUT2D eigenvalue weighted by Crippen LogP contribution is 2.22. The van der Waals surface area contributed by atoms with E-state index in [1.165, 1.54) is 16.2 Å². The molecule has 0 bridgehead atoms. The van der Waals surface area contributed by atoms with E-state index in [9.17, 15) is 9.59 Å². The van der Waals surface area contributed by atoms with Gasteiger partial charge in [-0.25, -0.2) is 0 Å². The second-order valence-electron chi connectivity index (χ2n) is 4.81. The summed E-state index contributed by atoms with van der Waals surface area (Å²) >= 11 is 3.03. The molecule has 2 heterocycles. The Morgan fingerprint density at radius 1 is 1.05 bits per heavy atom. The maximum Gasteiger partial charge on any atom is 0.279 e. The average Bonchev–Trinajstić information content (AvgIpc) is 2.98. The standard InChI is InChI=1S/C15H18N2O2S2/c1-5-12-8(2)6-13(21-12)15(19)17-16-14(18)11-7-9(3)20-10(11)4/h6-7H,5H2,1-4H3,(H,16,18)(H,17,19). The monoisotopic (exact) mass is 322 g/mol. The molecule has 0 aliphatic heterocycles. The number of aryl methyl sites for hydroxylation is 4. The van der Waals surface area contributed by atoms with Crippen molar-refractivity contribution in [3.63, 3.8) is 0 Å². The molecule has 6 heteroatoms. The van der Waals surface area contributed by atoms with E-state index < -0.39 is 0 Å². The van der Waals surface area contributed by atoms with Gasteiger partial charge in [0.25, 0.3) is 11.8 Å². The first-order chi connectivity index (χ1) is 9.92. The summed E-state index contributed by atoms with van der Waals surface area (Å²) in [6, 6.07) is 3.68. The lowest BCUT2D eigenvalue weighted by Crippen LogP contribution is -2.41. The smallest absolute Gasteiger partial charge is 0.267 e. The zero-order chi connectivity index (χ0) is 15.6. The van der Waals surface area contributed by atoms with Crippen LogP contribution in [0.2, 0.25) is 0 Å². The number of nitrogens with one attached hydrogen (secondary N) is 2. The third-order valence-electron chi connectivity index (χ3n) is 3.14. The Bertz CT molecular complexity index is 686. The lowest BCUT2D eigenvalue weighted by atomic mass is 10.2. The van der Waals surface area contributed by atoms with Crippen LogP contribution < -0.4 is 10.9 Å². The van der Waals surface area contributed by atoms with E-state index in [1.54, 1.807) is 11.3 Å². The van der Waals surface area contributed by atoms with Gasteiger partial charge < -0.3 is 0 Å². The number of hydrogen-bond donors (Lipinski definition) is 2. The number of carbonyl (C=O) groups is 2. The average molecular weight is 322 g/mol. The largest absolute Gasteiger partial charge is 0.279 e. The molecule has 2 aromatic rings. The number of hydrogen-bond acceptors (Lipinski definition) is 4. The second-order valence-corrected chi connectivity index (χ2v) is 7.40. The van der Waals surface area contributed by atoms with Crippen LogP contribution in [0.3, 0.4) is 0 Å². The molecular formula is C15H18N2O2S2. The first kappa shape index (κ1) is 15.7. The van der Waals surface area contributed by atoms with Gasteiger partial charge in [-0.15, -0.1) is 22.7 Å². The number of rotatable bonds is 3. The van der Waals surface area contributed by atoms with Gasteiger partial charge in [0.15, 0.2) is 0 Å². The summed E-state index contributed by atoms with van der Waals surface area (Å²) in [5, 5.41) is 0. The van der Waals surface area contributed by atoms with E-state index in [0.29, 0.717) is 10.4 Å². The zero-order valence-electron chi connectivity index (χ0n) is 12.5. The topological polar surface area (TPSA) is 58.2 Å². The van der Waals surface area contributed by atoms with Gasteiger partial charge in [-0.05, 0) is 44.9 Å². The Kier molecular flexibility index (Phi) is 4.80. The fraction of sp³-hybridized carbons (Fsp3) is 0.333. The highest BCUT2D eigenvalue weighted by molar-refractivity contribution is 7.14. The first-order valence-electron chi connectivity index (χ1n) is 6.69. The van der Waals surface area contributed by atoms with Crippen LogP contribution in [-0.2, 0) is 6.42 Å². The molecule has 112 valence electrons. The van der Waals surface area contributed by atoms with Crippen molar-refractivity contribution in [2.75, 3.05) is 0 Å². The minimum Gasteiger partial charge on any atom is -0.267 e. The van der Waals surface area contributed by atoms with Crippen molar-refractivity contribution in [1.29, 1.82) is 0 Å². The van der Waals surface area contributed by atoms with E-state index in [0.717, 1.165) is 21.7 Å². The molecule has 0 fully saturated rings. The van der Waals surface area contributed by atoms with Gasteiger partial charge in [0.2, 0.25) is 0 Å². The van der Waals surface area contributed by atoms with E-state index in [4.69, 9.17) is 0 Å². The maximum atomic E-state index is 12.0. The Morgan fingerprint density at radius 2 is 1.71 bits per heavy atom. The summed E-state index contributed by atoms with van der Waals surface area (Å²) in [7, 11) is 0. The van der Waals surface area contributed by atoms with Gasteiger partial charge in [-0.3, -0.25) is 20.4 Å². The summed E-state index contributed by atoms with van der Waals surface area (Å²) in [4.78, 5) is 27.9. The molecule has 2 N–H and O–H groups in total. The maximum absolute atomic E-state index is 12.0. The molecule has 0 radical (unpaired) electrons. The van der Waals surface area contributed by atoms with E-state index in [1.807, 2.05) is 32.9 Å². The van der Waals surface area contributed by atoms with Crippen LogP contribution in [0.4, 0.5) is 0 Å². The Hall–Kier alpha value is -1.66. The van der Waals surface area contributed by atoms with Crippen molar-refractivity contribution < 1.29 is 9.59 Å². The summed E-state index contributed by atoms with van der Waals surface area (Å²) in [6.07, 6.45) is 0.906. The summed E-state index contributed by atoms with van der Waals surface area (Å²) in [5.74, 6) is -0.560. The van der Waals surface area contributed by atoms with Crippen LogP contribution in [0.15, 0.2) is 12.1 Å². The number of thiophene rings is 2. The summed E-state index contributed by atoms with van der Waals surface area (Å²) < 4.78 is 0. The van der Waals surface area contributed by atoms with Crippen molar-refractivity contribution in [2.45, 2.75) is 34.1 Å². The molecule has 0 aliphatic carbocycles. The molecule has 0 atom stereocenters. The summed E-state index contributed by atoms with van der Waals surface area (Å²) in [6.45, 7) is 7.89. The second kappa shape index (κ2) is 6.41. The number of amides is 2. The van der Waals surface area contributed by atoms with Crippen LogP contribution in [0.25, 0.3) is 0 Å². The molecule has 0 spiro atoms. The van der Waals surface area contributed by atoms with Gasteiger partial charge >= 0.3 is 0 Å². The highest BCUT2D eigenvalue weighted by Gasteiger charge is 2.15. The van der Waals surface area contributed by atoms with Gasteiger partial charge in [-0.2, -0.15) is 0 Å². The van der Waals surface area contributed by atoms with Crippen LogP contribution in [0.5, 0.6) is 0 Å². The number of hydrazine groups is 1. The number of carbonyl (C=O) groups excluding carboxylic acids is 2. The minimum atomic E-state index is -0.283. The van der Waals surface area contributed by atoms with Gasteiger partial charge in [0.1, 0.15) is 0 Å². The Labute approximate surface area is 132 Å². The predicted molar refractivity (Wildman–Crippen MR) is 87.2 cm³/mol. The zero-order valence-corrected chi connectivity index (χ0v) is 14.1. The van der Waals surface area contributed by atoms with Crippen LogP contribution in [0.1, 0.15) is 47.1 Å². The van der Waals surface area contributed by atoms with E-state index >= 15 is 0 Å². The fourth-order valence-electron chi connectivity index (χ4n) is 2.08. The lowest BCUT2D eigenvalue weighted by molar-refractivity contribution is 0.0849. The van der Waals surface area contributed by atoms with Crippen LogP contribution in [0, 0.1) is 20.8 Å². The minimum absolute atomic E-state index is 0.277. The third kappa shape index (κ3) is 3.51. The molecule has 0 saturated heterocycles. The third-order valence-corrected chi connectivity index (χ3v) is 5.49. The van der Waals surface area contributed by atoms with Crippen molar-refractivity contribution in [2.24, 2.45) is 0 Å². The van der Waals surface area contributed by atoms with Crippen molar-refractivity contribution >= 4 is 34.5 Å². The molecule has 2 amide bonds. The Morgan fingerprint density at radius 3 is 2.24 bits per heavy atom. The molecule has 0 aliphatic rings. The van der Waals surface area contributed by atoms with E-state index in [-0.39, 0.29) is 11.8 Å². The lowest BCUT2D eigenvalue weighted by Gasteiger charge is -2.05. The van der Waals surface area contributed by atoms with Gasteiger partial charge in [-0.1, -0.05) is 6.92 Å². The molecular weight excluding hydrogens is 304 g/mol. The van der Waals surface area contributed by atoms with Crippen molar-refractivity contribution in [3.05, 3.63) is 42.8 Å². The quantitative estimate of drug-likeness (QED) is 0.851. The molecule has 21 heavy (non-hydrogen) atoms. The van der Waals surface area contributed by atoms with E-state index in [2.05, 4.69) is 17.8 Å². The molecule has 0 aromatic carbocycles. The van der Waals surface area contributed by atoms with Gasteiger partial charge in [0, 0.05) is 14.6 Å². The molecule has 0 unspecified atom stereocenters. The Balaban J connectivity index is 2.00. The predicted octanol–water partition coefficient (Wildman–Crippen LogP) is 3.37. The van der Waals surface area contributed by atoms with Crippen LogP contribution in [-0.4, -0.2) is 11.8 Å². The normalized spacial score (nSPS) is 10.5. The van der Waals surface area contributed by atoms with Crippen molar-refractivity contribution in [1.82, 2.24) is 10.9 Å². The fourth-order valence-corrected chi connectivity index (χ4v) is 4.01. The SMILES string of the molecule is CCc1sc(C(=O)NNC(=O)c2cc(C)sc2C)cc1C. The molecule has 2 rings (SSSR count). The highest BCUT2D eigenvalue weighted by atomic mass is 32.1. The first-order valence-corrected chi connectivity index (χ1v) is 8.32. The molecule has 0 saturated carbocycles. The molecule has 2 aromatic heterocycles. The van der Waals surface area contributed by atoms with Crippen molar-refractivity contribution in [3.8, 4) is 0 Å². The summed E-state index contributed by atoms with van der Waals surface area (Å²) in [5.41, 5.74) is 6.67. The van der Waals surface area contributed by atoms with Gasteiger partial charge in [0.05, 0.1) is 10.4 Å². The van der Waals surface area contributed by atoms with Crippen LogP contribution >= 0.6 is 22.7 Å². The molecule has 4 nitrogen and oxygen atoms in total.